The fourth-order valence-corrected chi connectivity index (χ4v) is 4.72. The molecule has 2 aliphatic rings. The molecule has 6 nitrogen and oxygen atoms in total. The Bertz CT molecular complexity index is 401. The van der Waals surface area contributed by atoms with Crippen LogP contribution in [0.2, 0.25) is 0 Å². The van der Waals surface area contributed by atoms with Gasteiger partial charge in [-0.3, -0.25) is 0 Å². The third-order valence-corrected chi connectivity index (χ3v) is 6.29. The number of piperidine rings is 1. The van der Waals surface area contributed by atoms with Crippen molar-refractivity contribution in [1.29, 1.82) is 0 Å². The lowest BCUT2D eigenvalue weighted by Gasteiger charge is -2.36. The second kappa shape index (κ2) is 6.05. The predicted molar refractivity (Wildman–Crippen MR) is 73.9 cm³/mol. The van der Waals surface area contributed by atoms with Crippen molar-refractivity contribution in [2.24, 2.45) is 11.7 Å². The van der Waals surface area contributed by atoms with Gasteiger partial charge in [0.2, 0.25) is 0 Å². The van der Waals surface area contributed by atoms with E-state index in [-0.39, 0.29) is 18.1 Å². The molecule has 0 radical (unpaired) electrons. The van der Waals surface area contributed by atoms with Gasteiger partial charge in [0.25, 0.3) is 10.2 Å². The summed E-state index contributed by atoms with van der Waals surface area (Å²) in [5, 5.41) is 0. The smallest absolute Gasteiger partial charge is 0.282 e. The molecule has 0 bridgehead atoms. The first kappa shape index (κ1) is 15.2. The lowest BCUT2D eigenvalue weighted by atomic mass is 10.0. The van der Waals surface area contributed by atoms with Gasteiger partial charge in [0.05, 0.1) is 12.1 Å². The van der Waals surface area contributed by atoms with Crippen molar-refractivity contribution < 1.29 is 13.2 Å². The Kier molecular flexibility index (Phi) is 4.84. The lowest BCUT2D eigenvalue weighted by Crippen LogP contribution is -2.51. The van der Waals surface area contributed by atoms with Crippen molar-refractivity contribution in [3.63, 3.8) is 0 Å². The molecule has 2 heterocycles. The molecule has 112 valence electrons. The molecule has 2 N–H and O–H groups in total. The molecule has 3 atom stereocenters. The Hall–Kier alpha value is -0.210. The second-order valence-electron chi connectivity index (χ2n) is 5.56. The highest BCUT2D eigenvalue weighted by Crippen LogP contribution is 2.25. The minimum atomic E-state index is -3.39. The molecular formula is C12H25N3O3S. The fourth-order valence-electron chi connectivity index (χ4n) is 2.98. The van der Waals surface area contributed by atoms with Gasteiger partial charge in [-0.2, -0.15) is 17.0 Å². The zero-order chi connectivity index (χ0) is 14.0. The van der Waals surface area contributed by atoms with Crippen LogP contribution in [0.15, 0.2) is 0 Å². The molecule has 0 spiro atoms. The summed E-state index contributed by atoms with van der Waals surface area (Å²) in [7, 11) is -1.73. The van der Waals surface area contributed by atoms with Gasteiger partial charge in [-0.25, -0.2) is 0 Å². The quantitative estimate of drug-likeness (QED) is 0.792. The van der Waals surface area contributed by atoms with Gasteiger partial charge in [-0.1, -0.05) is 0 Å². The van der Waals surface area contributed by atoms with E-state index in [4.69, 9.17) is 10.5 Å². The van der Waals surface area contributed by atoms with Crippen LogP contribution in [0.4, 0.5) is 0 Å². The number of nitrogens with two attached hydrogens (primary N) is 1. The normalized spacial score (nSPS) is 34.0. The Morgan fingerprint density at radius 1 is 1.42 bits per heavy atom. The van der Waals surface area contributed by atoms with E-state index < -0.39 is 10.2 Å². The van der Waals surface area contributed by atoms with Crippen LogP contribution in [-0.4, -0.2) is 62.5 Å². The van der Waals surface area contributed by atoms with Crippen LogP contribution in [0.5, 0.6) is 0 Å². The predicted octanol–water partition coefficient (Wildman–Crippen LogP) is 0.0111. The molecule has 0 saturated carbocycles. The summed E-state index contributed by atoms with van der Waals surface area (Å²) >= 11 is 0. The Morgan fingerprint density at radius 3 is 2.74 bits per heavy atom. The fraction of sp³-hybridized carbons (Fsp3) is 1.00. The lowest BCUT2D eigenvalue weighted by molar-refractivity contribution is 0.0998. The summed E-state index contributed by atoms with van der Waals surface area (Å²) in [6.07, 6.45) is 2.65. The third kappa shape index (κ3) is 3.11. The minimum absolute atomic E-state index is 0.0325. The number of nitrogens with zero attached hydrogens (tertiary/aromatic N) is 2. The maximum atomic E-state index is 12.6. The molecule has 0 aliphatic carbocycles. The Labute approximate surface area is 116 Å². The first-order valence-corrected chi connectivity index (χ1v) is 8.41. The summed E-state index contributed by atoms with van der Waals surface area (Å²) in [4.78, 5) is 0. The highest BCUT2D eigenvalue weighted by atomic mass is 32.2. The average molecular weight is 291 g/mol. The van der Waals surface area contributed by atoms with Crippen LogP contribution >= 0.6 is 0 Å². The number of hydrogen-bond donors (Lipinski definition) is 1. The van der Waals surface area contributed by atoms with E-state index >= 15 is 0 Å². The molecule has 2 saturated heterocycles. The molecule has 3 unspecified atom stereocenters. The van der Waals surface area contributed by atoms with Crippen molar-refractivity contribution in [3.05, 3.63) is 0 Å². The van der Waals surface area contributed by atoms with Crippen LogP contribution in [0.3, 0.4) is 0 Å². The molecule has 0 aromatic carbocycles. The summed E-state index contributed by atoms with van der Waals surface area (Å²) in [6.45, 7) is 4.27. The van der Waals surface area contributed by atoms with Gasteiger partial charge in [0.1, 0.15) is 0 Å². The SMILES string of the molecule is CC1OCCC1N(C)S(=O)(=O)N1CCCC(CN)C1. The van der Waals surface area contributed by atoms with Gasteiger partial charge >= 0.3 is 0 Å². The first-order chi connectivity index (χ1) is 8.96. The number of ether oxygens (including phenoxy) is 1. The Balaban J connectivity index is 2.08. The molecule has 19 heavy (non-hydrogen) atoms. The topological polar surface area (TPSA) is 75.9 Å². The van der Waals surface area contributed by atoms with E-state index in [1.807, 2.05) is 6.92 Å². The van der Waals surface area contributed by atoms with E-state index in [0.29, 0.717) is 26.2 Å². The van der Waals surface area contributed by atoms with Crippen LogP contribution in [0.1, 0.15) is 26.2 Å². The highest BCUT2D eigenvalue weighted by molar-refractivity contribution is 7.86. The third-order valence-electron chi connectivity index (χ3n) is 4.31. The van der Waals surface area contributed by atoms with Gasteiger partial charge in [0.15, 0.2) is 0 Å². The van der Waals surface area contributed by atoms with Crippen molar-refractivity contribution in [2.45, 2.75) is 38.3 Å². The summed E-state index contributed by atoms with van der Waals surface area (Å²) in [6, 6.07) is -0.0525. The first-order valence-electron chi connectivity index (χ1n) is 7.01. The van der Waals surface area contributed by atoms with Gasteiger partial charge < -0.3 is 10.5 Å². The standard InChI is InChI=1S/C12H25N3O3S/c1-10-12(5-7-18-10)14(2)19(16,17)15-6-3-4-11(8-13)9-15/h10-12H,3-9,13H2,1-2H3. The monoisotopic (exact) mass is 291 g/mol. The van der Waals surface area contributed by atoms with Crippen molar-refractivity contribution in [2.75, 3.05) is 33.3 Å². The molecule has 7 heteroatoms. The maximum Gasteiger partial charge on any atom is 0.282 e. The second-order valence-corrected chi connectivity index (χ2v) is 7.55. The molecule has 0 amide bonds. The van der Waals surface area contributed by atoms with Crippen LogP contribution < -0.4 is 5.73 Å². The molecule has 2 aliphatic heterocycles. The van der Waals surface area contributed by atoms with Crippen LogP contribution in [-0.2, 0) is 14.9 Å². The summed E-state index contributed by atoms with van der Waals surface area (Å²) in [5.74, 6) is 0.286. The molecular weight excluding hydrogens is 266 g/mol. The number of likely N-dealkylation sites (N-methyl/N-ethyl adjacent to an activating group) is 1. The largest absolute Gasteiger partial charge is 0.377 e. The van der Waals surface area contributed by atoms with Gasteiger partial charge in [-0.15, -0.1) is 0 Å². The maximum absolute atomic E-state index is 12.6. The van der Waals surface area contributed by atoms with Gasteiger partial charge in [-0.05, 0) is 38.6 Å². The van der Waals surface area contributed by atoms with E-state index in [1.54, 1.807) is 11.4 Å². The van der Waals surface area contributed by atoms with Gasteiger partial charge in [0, 0.05) is 26.7 Å². The van der Waals surface area contributed by atoms with Crippen molar-refractivity contribution in [3.8, 4) is 0 Å². The van der Waals surface area contributed by atoms with Crippen molar-refractivity contribution >= 4 is 10.2 Å². The van der Waals surface area contributed by atoms with E-state index in [9.17, 15) is 8.42 Å². The average Bonchev–Trinajstić information content (AvgIpc) is 2.84. The molecule has 0 aromatic rings. The van der Waals surface area contributed by atoms with E-state index in [2.05, 4.69) is 0 Å². The van der Waals surface area contributed by atoms with Crippen molar-refractivity contribution in [1.82, 2.24) is 8.61 Å². The zero-order valence-electron chi connectivity index (χ0n) is 11.8. The highest BCUT2D eigenvalue weighted by Gasteiger charge is 2.38. The van der Waals surface area contributed by atoms with E-state index in [1.165, 1.54) is 4.31 Å². The molecule has 0 aromatic heterocycles. The van der Waals surface area contributed by atoms with E-state index in [0.717, 1.165) is 19.3 Å². The molecule has 2 fully saturated rings. The Morgan fingerprint density at radius 2 is 2.16 bits per heavy atom. The summed E-state index contributed by atoms with van der Waals surface area (Å²) < 4.78 is 33.8. The minimum Gasteiger partial charge on any atom is -0.377 e. The number of rotatable bonds is 4. The summed E-state index contributed by atoms with van der Waals surface area (Å²) in [5.41, 5.74) is 5.67. The van der Waals surface area contributed by atoms with Crippen LogP contribution in [0, 0.1) is 5.92 Å². The number of hydrogen-bond acceptors (Lipinski definition) is 4. The molecule has 2 rings (SSSR count). The van der Waals surface area contributed by atoms with Crippen LogP contribution in [0.25, 0.3) is 0 Å². The zero-order valence-corrected chi connectivity index (χ0v) is 12.6.